The van der Waals surface area contributed by atoms with Crippen LogP contribution in [0.5, 0.6) is 0 Å². The summed E-state index contributed by atoms with van der Waals surface area (Å²) < 4.78 is 68.4. The first-order valence-corrected chi connectivity index (χ1v) is 14.7. The summed E-state index contributed by atoms with van der Waals surface area (Å²) in [6.07, 6.45) is 4.30. The number of halogens is 4. The summed E-state index contributed by atoms with van der Waals surface area (Å²) in [4.78, 5) is 24.5. The molecule has 42 heavy (non-hydrogen) atoms. The molecule has 4 aromatic rings. The van der Waals surface area contributed by atoms with Crippen LogP contribution in [0, 0.1) is 23.4 Å². The number of carbonyl (C=O) groups is 1. The lowest BCUT2D eigenvalue weighted by atomic mass is 9.82. The zero-order chi connectivity index (χ0) is 29.8. The molecule has 0 aliphatic heterocycles. The van der Waals surface area contributed by atoms with Gasteiger partial charge in [-0.05, 0) is 55.5 Å². The largest absolute Gasteiger partial charge is 0.382 e. The van der Waals surface area contributed by atoms with Crippen molar-refractivity contribution < 1.29 is 31.5 Å². The molecule has 0 fully saturated rings. The summed E-state index contributed by atoms with van der Waals surface area (Å²) >= 11 is 6.31. The second-order valence-electron chi connectivity index (χ2n) is 10.3. The first kappa shape index (κ1) is 28.1. The highest BCUT2D eigenvalue weighted by molar-refractivity contribution is 7.95. The van der Waals surface area contributed by atoms with Crippen molar-refractivity contribution in [2.75, 3.05) is 5.32 Å². The normalized spacial score (nSPS) is 20.2. The Balaban J connectivity index is 1.29. The van der Waals surface area contributed by atoms with Crippen molar-refractivity contribution in [3.05, 3.63) is 105 Å². The van der Waals surface area contributed by atoms with Crippen LogP contribution in [0.15, 0.2) is 76.3 Å². The maximum Gasteiger partial charge on any atom is 0.255 e. The van der Waals surface area contributed by atoms with Crippen molar-refractivity contribution in [3.8, 4) is 11.4 Å². The number of hydrogen-bond acceptors (Lipinski definition) is 6. The van der Waals surface area contributed by atoms with Gasteiger partial charge in [-0.15, -0.1) is 0 Å². The van der Waals surface area contributed by atoms with E-state index in [1.165, 1.54) is 12.1 Å². The van der Waals surface area contributed by atoms with Crippen molar-refractivity contribution in [2.24, 2.45) is 5.92 Å². The Bertz CT molecular complexity index is 1860. The predicted octanol–water partition coefficient (Wildman–Crippen LogP) is 5.91. The van der Waals surface area contributed by atoms with Gasteiger partial charge in [-0.25, -0.2) is 26.6 Å². The maximum atomic E-state index is 13.9. The number of hydrogen-bond donors (Lipinski definition) is 3. The van der Waals surface area contributed by atoms with Crippen molar-refractivity contribution >= 4 is 33.0 Å². The summed E-state index contributed by atoms with van der Waals surface area (Å²) in [6, 6.07) is 10.2. The lowest BCUT2D eigenvalue weighted by molar-refractivity contribution is 0.00721. The number of benzene rings is 2. The van der Waals surface area contributed by atoms with Crippen LogP contribution < -0.4 is 5.32 Å². The van der Waals surface area contributed by atoms with E-state index in [9.17, 15) is 31.5 Å². The van der Waals surface area contributed by atoms with Crippen molar-refractivity contribution in [2.45, 2.75) is 36.2 Å². The molecule has 0 saturated heterocycles. The number of anilines is 1. The van der Waals surface area contributed by atoms with Gasteiger partial charge in [-0.1, -0.05) is 23.2 Å². The van der Waals surface area contributed by atoms with E-state index in [1.54, 1.807) is 24.5 Å². The number of aromatic amines is 1. The Kier molecular flexibility index (Phi) is 6.95. The van der Waals surface area contributed by atoms with E-state index in [4.69, 9.17) is 11.6 Å². The van der Waals surface area contributed by atoms with E-state index in [2.05, 4.69) is 20.3 Å². The summed E-state index contributed by atoms with van der Waals surface area (Å²) in [6.45, 7) is 0. The summed E-state index contributed by atoms with van der Waals surface area (Å²) in [5.41, 5.74) is -0.109. The molecule has 8 nitrogen and oxygen atoms in total. The van der Waals surface area contributed by atoms with Gasteiger partial charge >= 0.3 is 0 Å². The van der Waals surface area contributed by atoms with Crippen LogP contribution in [0.1, 0.15) is 41.9 Å². The Morgan fingerprint density at radius 2 is 1.86 bits per heavy atom. The fourth-order valence-electron chi connectivity index (χ4n) is 5.69. The molecule has 3 N–H and O–H groups in total. The Morgan fingerprint density at radius 1 is 1.10 bits per heavy atom. The average molecular weight is 615 g/mol. The van der Waals surface area contributed by atoms with Gasteiger partial charge in [-0.3, -0.25) is 9.78 Å². The molecule has 6 rings (SSSR count). The zero-order valence-corrected chi connectivity index (χ0v) is 23.2. The molecule has 2 aliphatic rings. The van der Waals surface area contributed by atoms with Gasteiger partial charge in [0.1, 0.15) is 11.4 Å². The minimum Gasteiger partial charge on any atom is -0.382 e. The predicted molar refractivity (Wildman–Crippen MR) is 148 cm³/mol. The number of allylic oxidation sites excluding steroid dienone is 1. The van der Waals surface area contributed by atoms with Gasteiger partial charge in [-0.2, -0.15) is 0 Å². The second kappa shape index (κ2) is 10.4. The van der Waals surface area contributed by atoms with Gasteiger partial charge < -0.3 is 15.4 Å². The third-order valence-corrected chi connectivity index (χ3v) is 10.1. The number of H-pyrrole nitrogens is 1. The molecule has 13 heteroatoms. The summed E-state index contributed by atoms with van der Waals surface area (Å²) in [7, 11) is -4.20. The van der Waals surface area contributed by atoms with E-state index in [1.807, 2.05) is 6.07 Å². The standard InChI is InChI=1S/C29H22ClF3N4O4S/c30-19-7-6-15(27(38)36-18-10-20(31)25(33)21(32)11-18)9-24(19)42(40,41)26-16-4-5-17(26)13-29(39,12-16)28-35-14-23(37-28)22-3-1-2-8-34-22/h1-3,6-11,14,16,39H,4-5,12-13H2,(H,35,37)(H,36,38)/t16?,29-/m0/s1. The second-order valence-corrected chi connectivity index (χ2v) is 12.6. The van der Waals surface area contributed by atoms with Gasteiger partial charge in [0.25, 0.3) is 5.91 Å². The molecule has 1 unspecified atom stereocenters. The van der Waals surface area contributed by atoms with Crippen molar-refractivity contribution in [1.29, 1.82) is 0 Å². The summed E-state index contributed by atoms with van der Waals surface area (Å²) in [5, 5.41) is 13.7. The molecular weight excluding hydrogens is 593 g/mol. The molecular formula is C29H22ClF3N4O4S. The Morgan fingerprint density at radius 3 is 2.55 bits per heavy atom. The molecule has 2 atom stereocenters. The van der Waals surface area contributed by atoms with Crippen LogP contribution in [0.4, 0.5) is 18.9 Å². The number of sulfone groups is 1. The number of aliphatic hydroxyl groups is 1. The smallest absolute Gasteiger partial charge is 0.255 e. The van der Waals surface area contributed by atoms with Crippen molar-refractivity contribution in [3.63, 3.8) is 0 Å². The van der Waals surface area contributed by atoms with E-state index in [0.29, 0.717) is 47.8 Å². The lowest BCUT2D eigenvalue weighted by Gasteiger charge is -2.33. The SMILES string of the molecule is O=C(Nc1cc(F)c(F)c(F)c1)c1ccc(Cl)c(S(=O)(=O)C2=C3CCC2C[C@@](O)(c2ncc(-c4ccccn4)[nH]2)C3)c1. The number of rotatable bonds is 6. The van der Waals surface area contributed by atoms with Crippen LogP contribution in [-0.4, -0.2) is 34.4 Å². The Hall–Kier alpha value is -4.00. The monoisotopic (exact) mass is 614 g/mol. The van der Waals surface area contributed by atoms with E-state index in [-0.39, 0.29) is 38.9 Å². The minimum atomic E-state index is -4.20. The lowest BCUT2D eigenvalue weighted by Crippen LogP contribution is -2.34. The number of imidazole rings is 1. The molecule has 1 amide bonds. The number of fused-ring (bicyclic) bond motifs is 1. The number of carbonyl (C=O) groups excluding carboxylic acids is 1. The third-order valence-electron chi connectivity index (χ3n) is 7.58. The molecule has 2 aromatic carbocycles. The number of aromatic nitrogens is 3. The zero-order valence-electron chi connectivity index (χ0n) is 21.7. The number of pyridine rings is 1. The van der Waals surface area contributed by atoms with Crippen LogP contribution in [0.3, 0.4) is 0 Å². The highest BCUT2D eigenvalue weighted by Gasteiger charge is 2.49. The molecule has 0 saturated carbocycles. The first-order valence-electron chi connectivity index (χ1n) is 12.9. The molecule has 2 bridgehead atoms. The highest BCUT2D eigenvalue weighted by Crippen LogP contribution is 2.53. The Labute approximate surface area is 243 Å². The topological polar surface area (TPSA) is 125 Å². The number of nitrogens with one attached hydrogen (secondary N) is 2. The van der Waals surface area contributed by atoms with Crippen molar-refractivity contribution in [1.82, 2.24) is 15.0 Å². The van der Waals surface area contributed by atoms with Crippen LogP contribution in [0.25, 0.3) is 11.4 Å². The van der Waals surface area contributed by atoms with Gasteiger partial charge in [0.2, 0.25) is 9.84 Å². The number of amides is 1. The molecule has 0 spiro atoms. The summed E-state index contributed by atoms with van der Waals surface area (Å²) in [5.74, 6) is -5.76. The first-order chi connectivity index (χ1) is 20.0. The maximum absolute atomic E-state index is 13.9. The molecule has 2 aliphatic carbocycles. The van der Waals surface area contributed by atoms with E-state index < -0.39 is 44.7 Å². The minimum absolute atomic E-state index is 0.0345. The van der Waals surface area contributed by atoms with Gasteiger partial charge in [0.05, 0.1) is 32.4 Å². The van der Waals surface area contributed by atoms with E-state index in [0.717, 1.165) is 6.07 Å². The quantitative estimate of drug-likeness (QED) is 0.232. The molecule has 216 valence electrons. The van der Waals surface area contributed by atoms with Crippen LogP contribution in [-0.2, 0) is 15.4 Å². The van der Waals surface area contributed by atoms with Crippen LogP contribution >= 0.6 is 11.6 Å². The molecule has 0 radical (unpaired) electrons. The molecule has 2 aromatic heterocycles. The average Bonchev–Trinajstić information content (AvgIpc) is 3.57. The van der Waals surface area contributed by atoms with E-state index >= 15 is 0 Å². The molecule has 2 heterocycles. The number of nitrogens with zero attached hydrogens (tertiary/aromatic N) is 2. The third kappa shape index (κ3) is 4.89. The fraction of sp³-hybridized carbons (Fsp3) is 0.207. The van der Waals surface area contributed by atoms with Gasteiger partial charge in [0.15, 0.2) is 17.5 Å². The fourth-order valence-corrected chi connectivity index (χ4v) is 8.15. The van der Waals surface area contributed by atoms with Gasteiger partial charge in [0, 0.05) is 36.0 Å². The van der Waals surface area contributed by atoms with Crippen LogP contribution in [0.2, 0.25) is 5.02 Å². The highest BCUT2D eigenvalue weighted by atomic mass is 35.5.